The van der Waals surface area contributed by atoms with Crippen molar-refractivity contribution in [3.8, 4) is 22.4 Å². The fourth-order valence-corrected chi connectivity index (χ4v) is 3.01. The summed E-state index contributed by atoms with van der Waals surface area (Å²) < 4.78 is 0. The van der Waals surface area contributed by atoms with Gasteiger partial charge in [0, 0.05) is 28.9 Å². The summed E-state index contributed by atoms with van der Waals surface area (Å²) >= 11 is 0. The molecule has 2 aromatic carbocycles. The van der Waals surface area contributed by atoms with Crippen molar-refractivity contribution in [3.63, 3.8) is 0 Å². The number of hydrogen-bond acceptors (Lipinski definition) is 2. The maximum atomic E-state index is 4.67. The van der Waals surface area contributed by atoms with E-state index in [1.54, 1.807) is 0 Å². The Hall–Kier alpha value is -3.00. The maximum Gasteiger partial charge on any atom is 0.0783 e. The lowest BCUT2D eigenvalue weighted by Gasteiger charge is -2.12. The van der Waals surface area contributed by atoms with Gasteiger partial charge in [-0.1, -0.05) is 48.5 Å². The smallest absolute Gasteiger partial charge is 0.0783 e. The summed E-state index contributed by atoms with van der Waals surface area (Å²) in [6.45, 7) is 2.12. The molecule has 0 aliphatic heterocycles. The molecule has 23 heavy (non-hydrogen) atoms. The van der Waals surface area contributed by atoms with Crippen LogP contribution in [0.15, 0.2) is 79.1 Å². The Balaban J connectivity index is 2.02. The minimum absolute atomic E-state index is 1.00. The van der Waals surface area contributed by atoms with Crippen LogP contribution in [0.2, 0.25) is 0 Å². The van der Waals surface area contributed by atoms with E-state index in [1.165, 1.54) is 16.7 Å². The number of para-hydroxylation sites is 1. The molecule has 4 aromatic rings. The van der Waals surface area contributed by atoms with Gasteiger partial charge in [0.15, 0.2) is 0 Å². The van der Waals surface area contributed by atoms with Gasteiger partial charge in [-0.3, -0.25) is 9.97 Å². The normalized spacial score (nSPS) is 10.8. The predicted octanol–water partition coefficient (Wildman–Crippen LogP) is 5.27. The number of pyridine rings is 2. The minimum Gasteiger partial charge on any atom is -0.256 e. The van der Waals surface area contributed by atoms with Crippen LogP contribution in [0.3, 0.4) is 0 Å². The number of aromatic nitrogens is 2. The van der Waals surface area contributed by atoms with E-state index in [1.807, 2.05) is 30.6 Å². The highest BCUT2D eigenvalue weighted by atomic mass is 14.7. The Labute approximate surface area is 135 Å². The van der Waals surface area contributed by atoms with Crippen molar-refractivity contribution in [2.45, 2.75) is 6.92 Å². The van der Waals surface area contributed by atoms with Gasteiger partial charge in [-0.15, -0.1) is 0 Å². The molecule has 0 unspecified atom stereocenters. The van der Waals surface area contributed by atoms with Crippen LogP contribution < -0.4 is 0 Å². The number of rotatable bonds is 2. The molecule has 0 radical (unpaired) electrons. The van der Waals surface area contributed by atoms with Gasteiger partial charge in [0.25, 0.3) is 0 Å². The summed E-state index contributed by atoms with van der Waals surface area (Å²) in [5.74, 6) is 0. The van der Waals surface area contributed by atoms with Gasteiger partial charge >= 0.3 is 0 Å². The van der Waals surface area contributed by atoms with Crippen LogP contribution in [-0.4, -0.2) is 9.97 Å². The van der Waals surface area contributed by atoms with Crippen LogP contribution in [0.25, 0.3) is 33.3 Å². The number of benzene rings is 2. The van der Waals surface area contributed by atoms with E-state index >= 15 is 0 Å². The molecule has 0 saturated carbocycles. The topological polar surface area (TPSA) is 25.8 Å². The molecule has 0 aliphatic rings. The molecule has 0 saturated heterocycles. The zero-order valence-corrected chi connectivity index (χ0v) is 12.9. The molecule has 2 nitrogen and oxygen atoms in total. The standard InChI is InChI=1S/C21H16N2/c1-15-7-2-3-8-16(15)21-19(10-6-13-23-21)17-12-14-22-20-11-5-4-9-18(17)20/h2-14H,1H3. The molecule has 2 aromatic heterocycles. The molecular weight excluding hydrogens is 280 g/mol. The van der Waals surface area contributed by atoms with Crippen molar-refractivity contribution in [1.29, 1.82) is 0 Å². The van der Waals surface area contributed by atoms with Gasteiger partial charge in [-0.05, 0) is 36.2 Å². The molecule has 0 amide bonds. The predicted molar refractivity (Wildman–Crippen MR) is 95.1 cm³/mol. The lowest BCUT2D eigenvalue weighted by atomic mass is 9.95. The van der Waals surface area contributed by atoms with Crippen LogP contribution in [-0.2, 0) is 0 Å². The van der Waals surface area contributed by atoms with Gasteiger partial charge < -0.3 is 0 Å². The molecule has 0 bridgehead atoms. The summed E-state index contributed by atoms with van der Waals surface area (Å²) in [6.07, 6.45) is 3.72. The highest BCUT2D eigenvalue weighted by Crippen LogP contribution is 2.35. The quantitative estimate of drug-likeness (QED) is 0.503. The molecule has 0 aliphatic carbocycles. The van der Waals surface area contributed by atoms with Gasteiger partial charge in [0.1, 0.15) is 0 Å². The molecule has 0 fully saturated rings. The first-order valence-electron chi connectivity index (χ1n) is 7.70. The number of nitrogens with zero attached hydrogens (tertiary/aromatic N) is 2. The Bertz CT molecular complexity index is 984. The molecule has 0 N–H and O–H groups in total. The maximum absolute atomic E-state index is 4.67. The van der Waals surface area contributed by atoms with Crippen LogP contribution in [0.5, 0.6) is 0 Å². The van der Waals surface area contributed by atoms with Crippen molar-refractivity contribution in [1.82, 2.24) is 9.97 Å². The van der Waals surface area contributed by atoms with Crippen molar-refractivity contribution in [2.24, 2.45) is 0 Å². The lowest BCUT2D eigenvalue weighted by molar-refractivity contribution is 1.30. The molecule has 2 heteroatoms. The summed E-state index contributed by atoms with van der Waals surface area (Å²) in [5.41, 5.74) is 6.73. The third-order valence-corrected chi connectivity index (χ3v) is 4.15. The Morgan fingerprint density at radius 3 is 2.30 bits per heavy atom. The number of fused-ring (bicyclic) bond motifs is 1. The van der Waals surface area contributed by atoms with Crippen LogP contribution in [0, 0.1) is 6.92 Å². The zero-order valence-electron chi connectivity index (χ0n) is 12.9. The monoisotopic (exact) mass is 296 g/mol. The van der Waals surface area contributed by atoms with E-state index < -0.39 is 0 Å². The number of hydrogen-bond donors (Lipinski definition) is 0. The van der Waals surface area contributed by atoms with E-state index in [0.29, 0.717) is 0 Å². The van der Waals surface area contributed by atoms with E-state index in [4.69, 9.17) is 0 Å². The fraction of sp³-hybridized carbons (Fsp3) is 0.0476. The molecular formula is C21H16N2. The van der Waals surface area contributed by atoms with E-state index in [2.05, 4.69) is 65.4 Å². The second kappa shape index (κ2) is 5.65. The Morgan fingerprint density at radius 2 is 1.39 bits per heavy atom. The van der Waals surface area contributed by atoms with Gasteiger partial charge in [0.2, 0.25) is 0 Å². The molecule has 0 spiro atoms. The summed E-state index contributed by atoms with van der Waals surface area (Å²) in [6, 6.07) is 22.8. The van der Waals surface area contributed by atoms with Crippen molar-refractivity contribution in [2.75, 3.05) is 0 Å². The highest BCUT2D eigenvalue weighted by Gasteiger charge is 2.12. The highest BCUT2D eigenvalue weighted by molar-refractivity contribution is 5.98. The average Bonchev–Trinajstić information content (AvgIpc) is 2.62. The SMILES string of the molecule is Cc1ccccc1-c1ncccc1-c1ccnc2ccccc12. The second-order valence-corrected chi connectivity index (χ2v) is 5.59. The van der Waals surface area contributed by atoms with Crippen molar-refractivity contribution < 1.29 is 0 Å². The largest absolute Gasteiger partial charge is 0.256 e. The molecule has 4 rings (SSSR count). The average molecular weight is 296 g/mol. The van der Waals surface area contributed by atoms with Crippen molar-refractivity contribution in [3.05, 3.63) is 84.7 Å². The Kier molecular flexibility index (Phi) is 3.35. The zero-order chi connectivity index (χ0) is 15.6. The second-order valence-electron chi connectivity index (χ2n) is 5.59. The lowest BCUT2D eigenvalue weighted by Crippen LogP contribution is -1.92. The molecule has 0 atom stereocenters. The van der Waals surface area contributed by atoms with Gasteiger partial charge in [-0.2, -0.15) is 0 Å². The summed E-state index contributed by atoms with van der Waals surface area (Å²) in [7, 11) is 0. The van der Waals surface area contributed by atoms with E-state index in [0.717, 1.165) is 22.2 Å². The van der Waals surface area contributed by atoms with E-state index in [-0.39, 0.29) is 0 Å². The van der Waals surface area contributed by atoms with Crippen molar-refractivity contribution >= 4 is 10.9 Å². The molecule has 110 valence electrons. The molecule has 2 heterocycles. The van der Waals surface area contributed by atoms with Gasteiger partial charge in [0.05, 0.1) is 11.2 Å². The summed E-state index contributed by atoms with van der Waals surface area (Å²) in [5, 5.41) is 1.15. The Morgan fingerprint density at radius 1 is 0.609 bits per heavy atom. The van der Waals surface area contributed by atoms with E-state index in [9.17, 15) is 0 Å². The number of aryl methyl sites for hydroxylation is 1. The van der Waals surface area contributed by atoms with Crippen LogP contribution in [0.4, 0.5) is 0 Å². The van der Waals surface area contributed by atoms with Crippen LogP contribution in [0.1, 0.15) is 5.56 Å². The third kappa shape index (κ3) is 2.38. The summed E-state index contributed by atoms with van der Waals surface area (Å²) in [4.78, 5) is 9.14. The van der Waals surface area contributed by atoms with Crippen LogP contribution >= 0.6 is 0 Å². The first-order chi connectivity index (χ1) is 11.3. The van der Waals surface area contributed by atoms with Gasteiger partial charge in [-0.25, -0.2) is 0 Å². The first kappa shape index (κ1) is 13.6. The fourth-order valence-electron chi connectivity index (χ4n) is 3.01. The first-order valence-corrected chi connectivity index (χ1v) is 7.70. The minimum atomic E-state index is 1.00. The third-order valence-electron chi connectivity index (χ3n) is 4.15.